The molecule has 0 N–H and O–H groups in total. The SMILES string of the molecule is CCCOc1ccc2c(c1)c(C(=O)OCC)c(C)n2CCc1ccccc1. The molecule has 1 aromatic heterocycles. The predicted molar refractivity (Wildman–Crippen MR) is 109 cm³/mol. The minimum atomic E-state index is -0.272. The van der Waals surface area contributed by atoms with Gasteiger partial charge < -0.3 is 14.0 Å². The molecule has 0 radical (unpaired) electrons. The van der Waals surface area contributed by atoms with Crippen LogP contribution in [0.15, 0.2) is 48.5 Å². The number of hydrogen-bond acceptors (Lipinski definition) is 3. The van der Waals surface area contributed by atoms with Gasteiger partial charge in [-0.2, -0.15) is 0 Å². The molecule has 0 spiro atoms. The first-order valence-corrected chi connectivity index (χ1v) is 9.62. The van der Waals surface area contributed by atoms with E-state index < -0.39 is 0 Å². The molecule has 3 rings (SSSR count). The maximum atomic E-state index is 12.6. The standard InChI is InChI=1S/C23H27NO3/c1-4-15-27-19-11-12-21-20(16-19)22(23(25)26-5-2)17(3)24(21)14-13-18-9-7-6-8-10-18/h6-12,16H,4-5,13-15H2,1-3H3. The lowest BCUT2D eigenvalue weighted by Gasteiger charge is -2.09. The van der Waals surface area contributed by atoms with Crippen LogP contribution < -0.4 is 4.74 Å². The lowest BCUT2D eigenvalue weighted by Crippen LogP contribution is -2.08. The average Bonchev–Trinajstić information content (AvgIpc) is 2.96. The minimum Gasteiger partial charge on any atom is -0.494 e. The van der Waals surface area contributed by atoms with E-state index in [4.69, 9.17) is 9.47 Å². The molecular formula is C23H27NO3. The summed E-state index contributed by atoms with van der Waals surface area (Å²) in [6.45, 7) is 7.73. The van der Waals surface area contributed by atoms with E-state index in [1.807, 2.05) is 38.1 Å². The summed E-state index contributed by atoms with van der Waals surface area (Å²) in [5.74, 6) is 0.515. The summed E-state index contributed by atoms with van der Waals surface area (Å²) < 4.78 is 13.3. The fourth-order valence-corrected chi connectivity index (χ4v) is 3.41. The molecule has 4 heteroatoms. The van der Waals surface area contributed by atoms with Crippen molar-refractivity contribution in [2.45, 2.75) is 40.2 Å². The van der Waals surface area contributed by atoms with Crippen molar-refractivity contribution in [3.05, 3.63) is 65.4 Å². The van der Waals surface area contributed by atoms with E-state index in [2.05, 4.69) is 35.8 Å². The molecule has 3 aromatic rings. The molecule has 0 atom stereocenters. The number of fused-ring (bicyclic) bond motifs is 1. The van der Waals surface area contributed by atoms with Gasteiger partial charge in [-0.15, -0.1) is 0 Å². The number of rotatable bonds is 8. The van der Waals surface area contributed by atoms with Crippen LogP contribution in [0.25, 0.3) is 10.9 Å². The normalized spacial score (nSPS) is 10.9. The number of esters is 1. The van der Waals surface area contributed by atoms with E-state index in [1.54, 1.807) is 0 Å². The van der Waals surface area contributed by atoms with E-state index >= 15 is 0 Å². The van der Waals surface area contributed by atoms with Crippen LogP contribution >= 0.6 is 0 Å². The van der Waals surface area contributed by atoms with Gasteiger partial charge in [0.05, 0.1) is 18.8 Å². The smallest absolute Gasteiger partial charge is 0.340 e. The second-order valence-electron chi connectivity index (χ2n) is 6.60. The monoisotopic (exact) mass is 365 g/mol. The summed E-state index contributed by atoms with van der Waals surface area (Å²) >= 11 is 0. The van der Waals surface area contributed by atoms with Crippen molar-refractivity contribution in [1.82, 2.24) is 4.57 Å². The Morgan fingerprint density at radius 3 is 2.56 bits per heavy atom. The maximum Gasteiger partial charge on any atom is 0.340 e. The maximum absolute atomic E-state index is 12.6. The Morgan fingerprint density at radius 2 is 1.85 bits per heavy atom. The molecule has 0 aliphatic heterocycles. The highest BCUT2D eigenvalue weighted by Gasteiger charge is 2.21. The van der Waals surface area contributed by atoms with Crippen molar-refractivity contribution < 1.29 is 14.3 Å². The van der Waals surface area contributed by atoms with Crippen LogP contribution in [0.5, 0.6) is 5.75 Å². The first-order valence-electron chi connectivity index (χ1n) is 9.62. The Bertz CT molecular complexity index is 912. The van der Waals surface area contributed by atoms with Gasteiger partial charge in [0, 0.05) is 23.1 Å². The molecule has 0 amide bonds. The van der Waals surface area contributed by atoms with E-state index in [9.17, 15) is 4.79 Å². The molecule has 4 nitrogen and oxygen atoms in total. The van der Waals surface area contributed by atoms with Crippen LogP contribution in [-0.2, 0) is 17.7 Å². The third-order valence-electron chi connectivity index (χ3n) is 4.71. The van der Waals surface area contributed by atoms with Gasteiger partial charge in [0.2, 0.25) is 0 Å². The van der Waals surface area contributed by atoms with Crippen LogP contribution in [0.4, 0.5) is 0 Å². The highest BCUT2D eigenvalue weighted by atomic mass is 16.5. The zero-order valence-electron chi connectivity index (χ0n) is 16.3. The van der Waals surface area contributed by atoms with Crippen LogP contribution in [-0.4, -0.2) is 23.8 Å². The molecule has 1 heterocycles. The van der Waals surface area contributed by atoms with Gasteiger partial charge in [-0.1, -0.05) is 37.3 Å². The Labute approximate surface area is 160 Å². The van der Waals surface area contributed by atoms with Gasteiger partial charge in [-0.05, 0) is 50.5 Å². The Balaban J connectivity index is 2.01. The van der Waals surface area contributed by atoms with E-state index in [1.165, 1.54) is 5.56 Å². The Morgan fingerprint density at radius 1 is 1.07 bits per heavy atom. The third kappa shape index (κ3) is 4.16. The highest BCUT2D eigenvalue weighted by molar-refractivity contribution is 6.06. The van der Waals surface area contributed by atoms with Crippen molar-refractivity contribution in [2.75, 3.05) is 13.2 Å². The summed E-state index contributed by atoms with van der Waals surface area (Å²) in [6.07, 6.45) is 1.85. The summed E-state index contributed by atoms with van der Waals surface area (Å²) in [5.41, 5.74) is 3.89. The van der Waals surface area contributed by atoms with Crippen LogP contribution in [0.1, 0.15) is 41.9 Å². The highest BCUT2D eigenvalue weighted by Crippen LogP contribution is 2.30. The van der Waals surface area contributed by atoms with Gasteiger partial charge in [-0.3, -0.25) is 0 Å². The lowest BCUT2D eigenvalue weighted by molar-refractivity contribution is 0.0527. The Hall–Kier alpha value is -2.75. The molecule has 0 unspecified atom stereocenters. The third-order valence-corrected chi connectivity index (χ3v) is 4.71. The molecule has 0 aliphatic rings. The topological polar surface area (TPSA) is 40.5 Å². The van der Waals surface area contributed by atoms with Crippen LogP contribution in [0, 0.1) is 6.92 Å². The number of carbonyl (C=O) groups excluding carboxylic acids is 1. The number of carbonyl (C=O) groups is 1. The summed E-state index contributed by atoms with van der Waals surface area (Å²) in [7, 11) is 0. The predicted octanol–water partition coefficient (Wildman–Crippen LogP) is 5.16. The number of hydrogen-bond donors (Lipinski definition) is 0. The van der Waals surface area contributed by atoms with Crippen molar-refractivity contribution in [3.63, 3.8) is 0 Å². The quantitative estimate of drug-likeness (QED) is 0.518. The number of ether oxygens (including phenoxy) is 2. The summed E-state index contributed by atoms with van der Waals surface area (Å²) in [5, 5.41) is 0.896. The number of aryl methyl sites for hydroxylation is 2. The number of nitrogens with zero attached hydrogens (tertiary/aromatic N) is 1. The first kappa shape index (κ1) is 19.0. The minimum absolute atomic E-state index is 0.272. The molecule has 0 bridgehead atoms. The van der Waals surface area contributed by atoms with Crippen LogP contribution in [0.3, 0.4) is 0 Å². The zero-order valence-corrected chi connectivity index (χ0v) is 16.3. The molecule has 2 aromatic carbocycles. The fraction of sp³-hybridized carbons (Fsp3) is 0.348. The van der Waals surface area contributed by atoms with Crippen molar-refractivity contribution in [1.29, 1.82) is 0 Å². The van der Waals surface area contributed by atoms with Gasteiger partial charge in [0.15, 0.2) is 0 Å². The van der Waals surface area contributed by atoms with E-state index in [0.717, 1.165) is 41.7 Å². The first-order chi connectivity index (χ1) is 13.2. The lowest BCUT2D eigenvalue weighted by atomic mass is 10.1. The molecule has 0 saturated carbocycles. The summed E-state index contributed by atoms with van der Waals surface area (Å²) in [4.78, 5) is 12.6. The van der Waals surface area contributed by atoms with Gasteiger partial charge in [0.1, 0.15) is 5.75 Å². The zero-order chi connectivity index (χ0) is 19.2. The van der Waals surface area contributed by atoms with E-state index in [-0.39, 0.29) is 5.97 Å². The largest absolute Gasteiger partial charge is 0.494 e. The van der Waals surface area contributed by atoms with Crippen molar-refractivity contribution in [2.24, 2.45) is 0 Å². The van der Waals surface area contributed by atoms with Crippen molar-refractivity contribution in [3.8, 4) is 5.75 Å². The average molecular weight is 365 g/mol. The molecule has 27 heavy (non-hydrogen) atoms. The second-order valence-corrected chi connectivity index (χ2v) is 6.60. The molecule has 0 aliphatic carbocycles. The van der Waals surface area contributed by atoms with Crippen molar-refractivity contribution >= 4 is 16.9 Å². The van der Waals surface area contributed by atoms with Gasteiger partial charge in [-0.25, -0.2) is 4.79 Å². The Kier molecular flexibility index (Phi) is 6.17. The molecular weight excluding hydrogens is 338 g/mol. The van der Waals surface area contributed by atoms with Gasteiger partial charge >= 0.3 is 5.97 Å². The number of benzene rings is 2. The van der Waals surface area contributed by atoms with Gasteiger partial charge in [0.25, 0.3) is 0 Å². The number of aromatic nitrogens is 1. The molecule has 0 fully saturated rings. The molecule has 0 saturated heterocycles. The molecule has 142 valence electrons. The fourth-order valence-electron chi connectivity index (χ4n) is 3.41. The van der Waals surface area contributed by atoms with E-state index in [0.29, 0.717) is 18.8 Å². The van der Waals surface area contributed by atoms with Crippen LogP contribution in [0.2, 0.25) is 0 Å². The summed E-state index contributed by atoms with van der Waals surface area (Å²) in [6, 6.07) is 16.4. The second kappa shape index (κ2) is 8.76.